The maximum Gasteiger partial charge on any atom is 0.319 e. The topological polar surface area (TPSA) is 621 Å². The first-order valence-electron chi connectivity index (χ1n) is 28.6. The molecule has 0 heterocycles. The van der Waals surface area contributed by atoms with Crippen molar-refractivity contribution >= 4 is 54.5 Å². The van der Waals surface area contributed by atoms with Gasteiger partial charge in [-0.15, -0.1) is 215 Å². The Kier molecular flexibility index (Phi) is 167. The van der Waals surface area contributed by atoms with E-state index in [9.17, 15) is 70.7 Å². The molecule has 0 aliphatic carbocycles. The first kappa shape index (κ1) is 150. The predicted octanol–water partition coefficient (Wildman–Crippen LogP) is 9.79. The van der Waals surface area contributed by atoms with E-state index in [-0.39, 0.29) is 6.54 Å². The molecule has 0 saturated heterocycles. The summed E-state index contributed by atoms with van der Waals surface area (Å²) in [5, 5.41) is 49.4. The number of hydrogen-bond acceptors (Lipinski definition) is 48. The van der Waals surface area contributed by atoms with E-state index in [2.05, 4.69) is 370 Å². The van der Waals surface area contributed by atoms with Crippen LogP contribution < -0.4 is 45.1 Å². The quantitative estimate of drug-likeness (QED) is 0.00969. The summed E-state index contributed by atoms with van der Waals surface area (Å²) in [6.07, 6.45) is 3.43. The number of hydrogen-bond donors (Lipinski definition) is 3. The van der Waals surface area contributed by atoms with E-state index in [1.165, 1.54) is 7.05 Å². The van der Waals surface area contributed by atoms with Crippen LogP contribution >= 0.6 is 54.5 Å². The van der Waals surface area contributed by atoms with Gasteiger partial charge in [0.2, 0.25) is 0 Å². The minimum Gasteiger partial charge on any atom is -0.769 e. The lowest BCUT2D eigenvalue weighted by atomic mass is 10.2. The molecular weight excluding hydrogens is 1710 g/mol. The highest BCUT2D eigenvalue weighted by atomic mass is 31.2. The van der Waals surface area contributed by atoms with Gasteiger partial charge < -0.3 is 118 Å². The van der Waals surface area contributed by atoms with Crippen LogP contribution in [0.4, 0.5) is 4.48 Å². The van der Waals surface area contributed by atoms with Crippen LogP contribution in [0.2, 0.25) is 0 Å². The third kappa shape index (κ3) is 156. The van der Waals surface area contributed by atoms with Crippen molar-refractivity contribution in [2.75, 3.05) is 106 Å². The highest BCUT2D eigenvalue weighted by molar-refractivity contribution is 7.50. The van der Waals surface area contributed by atoms with Crippen molar-refractivity contribution in [3.8, 4) is 0 Å². The summed E-state index contributed by atoms with van der Waals surface area (Å²) in [6.45, 7) is 87.6. The average molecular weight is 1820 g/mol. The zero-order valence-electron chi connectivity index (χ0n) is 64.0. The summed E-state index contributed by atoms with van der Waals surface area (Å²) in [4.78, 5) is 123. The zero-order chi connectivity index (χ0) is 94.3. The summed E-state index contributed by atoms with van der Waals surface area (Å²) >= 11 is 0. The van der Waals surface area contributed by atoms with E-state index in [4.69, 9.17) is 4.89 Å². The first-order chi connectivity index (χ1) is 55.1. The minimum absolute atomic E-state index is 0.0419. The summed E-state index contributed by atoms with van der Waals surface area (Å²) in [5.41, 5.74) is 1.15. The van der Waals surface area contributed by atoms with Gasteiger partial charge in [0.1, 0.15) is 51.5 Å². The van der Waals surface area contributed by atoms with Crippen LogP contribution in [0.25, 0.3) is 0 Å². The van der Waals surface area contributed by atoms with Crippen LogP contribution in [0.3, 0.4) is 0 Å². The van der Waals surface area contributed by atoms with E-state index in [1.54, 1.807) is 0 Å². The smallest absolute Gasteiger partial charge is 0.319 e. The monoisotopic (exact) mass is 1820 g/mol. The van der Waals surface area contributed by atoms with Gasteiger partial charge in [0.05, 0.1) is 52.9 Å². The van der Waals surface area contributed by atoms with Crippen LogP contribution in [0, 0.1) is 11.8 Å². The predicted molar refractivity (Wildman–Crippen MR) is 401 cm³/mol. The number of nitrogens with one attached hydrogen (secondary N) is 2. The van der Waals surface area contributed by atoms with Crippen molar-refractivity contribution in [1.29, 1.82) is 0 Å². The van der Waals surface area contributed by atoms with Crippen molar-refractivity contribution in [1.82, 2.24) is 10.9 Å². The summed E-state index contributed by atoms with van der Waals surface area (Å²) in [7, 11) is -32.9. The lowest BCUT2D eigenvalue weighted by Crippen LogP contribution is -2.28. The van der Waals surface area contributed by atoms with Gasteiger partial charge in [-0.2, -0.15) is 5.54 Å². The molecule has 0 aliphatic rings. The second kappa shape index (κ2) is 128. The van der Waals surface area contributed by atoms with Gasteiger partial charge in [0, 0.05) is 71.9 Å². The van der Waals surface area contributed by atoms with Crippen LogP contribution in [0.5, 0.6) is 0 Å². The van der Waals surface area contributed by atoms with Gasteiger partial charge in [-0.1, -0.05) is 0 Å². The van der Waals surface area contributed by atoms with Crippen molar-refractivity contribution in [3.63, 3.8) is 0 Å². The van der Waals surface area contributed by atoms with Crippen molar-refractivity contribution < 1.29 is 229 Å². The standard InChI is InChI=1S/C26H54FN2O47P7.16C2H4/c1-28-19-25(21-61-78(32,33)34)22-62-81(39,40)58-16-8-51-71-75-68-48-6-14-56-79(35,36)54-12-4-46-66-74-67-47-5-13-55-80(37,38)57-15-7-49-69-76-72-52-10-18-60-83(43,44)64-24-26(20-29-27)23-63-82(41,42)59-17-9-50-70-73-65-45-3-11-53-77(2,30)31;16*1-2/h3,5-6,10-11,13-14,18,25-26,28-29H,4,7-9,12,15-17,19-24H2,1-2H3,(H,30,31)(H,35,36)(H,37,38)(H,39,40)(H,41,42)(H,43,44)(H2,32,33,34);16*1-2H2/p-7/b11-3+,13-5-,14-6-,18-10+;;;;;;;;;;;;;;;;. The molecule has 57 heteroatoms. The second-order valence-electron chi connectivity index (χ2n) is 12.6. The highest BCUT2D eigenvalue weighted by Gasteiger charge is 2.20. The van der Waals surface area contributed by atoms with E-state index in [1.807, 2.05) is 0 Å². The minimum atomic E-state index is -5.21. The Labute approximate surface area is 671 Å². The van der Waals surface area contributed by atoms with E-state index in [0.29, 0.717) is 50.1 Å². The maximum absolute atomic E-state index is 12.7. The third-order valence-corrected chi connectivity index (χ3v) is 11.8. The highest BCUT2D eigenvalue weighted by Crippen LogP contribution is 2.43. The van der Waals surface area contributed by atoms with Crippen LogP contribution in [-0.2, 0) is 186 Å². The van der Waals surface area contributed by atoms with Crippen LogP contribution in [-0.4, -0.2) is 111 Å². The van der Waals surface area contributed by atoms with Gasteiger partial charge in [-0.05, 0) is 27.2 Å². The molecule has 3 N–H and O–H groups in total. The molecule has 9 unspecified atom stereocenters. The Morgan fingerprint density at radius 3 is 0.730 bits per heavy atom. The number of halogens is 1. The third-order valence-electron chi connectivity index (χ3n) is 6.24. The fourth-order valence-electron chi connectivity index (χ4n) is 3.36. The normalized spacial score (nSPS) is 13.6. The molecular formula is C58H111FN2O47P7-7. The van der Waals surface area contributed by atoms with Gasteiger partial charge in [0.15, 0.2) is 32.6 Å². The molecule has 0 fully saturated rings. The van der Waals surface area contributed by atoms with Crippen molar-refractivity contribution in [3.05, 3.63) is 261 Å². The Balaban J connectivity index is -0.000000177. The molecule has 0 saturated carbocycles. The Morgan fingerprint density at radius 2 is 0.504 bits per heavy atom. The van der Waals surface area contributed by atoms with Crippen molar-refractivity contribution in [2.24, 2.45) is 11.8 Å². The molecule has 49 nitrogen and oxygen atoms in total. The lowest BCUT2D eigenvalue weighted by Gasteiger charge is -2.27. The molecule has 115 heavy (non-hydrogen) atoms. The summed E-state index contributed by atoms with van der Waals surface area (Å²) in [5.74, 6) is -2.12. The molecule has 0 amide bonds. The molecule has 0 spiro atoms. The SMILES string of the molecule is C=C.C=C.C=C.C=C.C=C.C=C.C=C.C=C.C=C.C=C.C=C.C=C.C=C.C=C.C=C.C=C.CNCC(COP(=O)([O-])O)COP(=O)([O-])OCCOOOOO/C=C\OP(=O)([O-])OCCOOOOO/C=C\OP(=O)([O-])OCCOOOOO/C=C/OP(=O)([O-])OCC(CNF)COP(=O)([O-])OCCOOOOO/C=C/OP(C)(=O)[O-]. The summed E-state index contributed by atoms with van der Waals surface area (Å²) < 4.78 is 145. The fourth-order valence-corrected chi connectivity index (χ4v) is 7.33. The zero-order valence-corrected chi connectivity index (χ0v) is 70.3. The van der Waals surface area contributed by atoms with E-state index in [0.717, 1.165) is 12.2 Å². The molecule has 0 aliphatic heterocycles. The molecule has 9 atom stereocenters. The lowest BCUT2D eigenvalue weighted by molar-refractivity contribution is -0.700. The largest absolute Gasteiger partial charge is 0.769 e. The first-order valence-corrected chi connectivity index (χ1v) is 39.4. The number of phosphoric acid groups is 6. The molecule has 0 bridgehead atoms. The Hall–Kier alpha value is -6.62. The van der Waals surface area contributed by atoms with Gasteiger partial charge in [0.25, 0.3) is 23.5 Å². The van der Waals surface area contributed by atoms with Crippen molar-refractivity contribution in [2.45, 2.75) is 0 Å². The Bertz CT molecular complexity index is 2370. The van der Waals surface area contributed by atoms with Gasteiger partial charge in [-0.3, -0.25) is 32.0 Å². The second-order valence-corrected chi connectivity index (χ2v) is 22.5. The van der Waals surface area contributed by atoms with E-state index >= 15 is 0 Å². The van der Waals surface area contributed by atoms with Gasteiger partial charge in [-0.25, -0.2) is 19.6 Å². The molecule has 684 valence electrons. The van der Waals surface area contributed by atoms with E-state index < -0.39 is 152 Å². The molecule has 0 rings (SSSR count). The van der Waals surface area contributed by atoms with Gasteiger partial charge >= 0.3 is 23.5 Å². The van der Waals surface area contributed by atoms with Crippen LogP contribution in [0.15, 0.2) is 261 Å². The molecule has 0 aromatic heterocycles. The van der Waals surface area contributed by atoms with Crippen LogP contribution in [0.1, 0.15) is 0 Å². The molecule has 0 aromatic carbocycles. The Morgan fingerprint density at radius 1 is 0.296 bits per heavy atom. The maximum atomic E-state index is 12.7. The average Bonchev–Trinajstić information content (AvgIpc) is 0.903. The number of rotatable bonds is 60. The molecule has 0 aromatic rings. The number of phosphoric ester groups is 6. The fraction of sp³-hybridized carbons (Fsp3) is 0.310. The summed E-state index contributed by atoms with van der Waals surface area (Å²) in [6, 6.07) is 0. The molecule has 0 radical (unpaired) electrons.